The summed E-state index contributed by atoms with van der Waals surface area (Å²) in [6.45, 7) is 0.231. The normalized spacial score (nSPS) is 29.8. The predicted octanol–water partition coefficient (Wildman–Crippen LogP) is 1.31. The van der Waals surface area contributed by atoms with Gasteiger partial charge in [-0.1, -0.05) is 30.3 Å². The van der Waals surface area contributed by atoms with Crippen LogP contribution in [-0.2, 0) is 9.84 Å². The Bertz CT molecular complexity index is 461. The molecule has 1 fully saturated rings. The zero-order valence-electron chi connectivity index (χ0n) is 9.39. The van der Waals surface area contributed by atoms with E-state index in [9.17, 15) is 8.42 Å². The number of benzene rings is 1. The van der Waals surface area contributed by atoms with Gasteiger partial charge in [-0.05, 0) is 24.3 Å². The Morgan fingerprint density at radius 1 is 1.31 bits per heavy atom. The molecule has 2 rings (SSSR count). The monoisotopic (exact) mass is 239 g/mol. The minimum atomic E-state index is -3.04. The molecule has 2 N–H and O–H groups in total. The SMILES string of the molecule is CS(=O)(=O)C1(CN)CC(c2ccccc2)C1. The summed E-state index contributed by atoms with van der Waals surface area (Å²) in [7, 11) is -3.04. The summed E-state index contributed by atoms with van der Waals surface area (Å²) in [6.07, 6.45) is 2.61. The van der Waals surface area contributed by atoms with Crippen molar-refractivity contribution in [2.24, 2.45) is 5.73 Å². The van der Waals surface area contributed by atoms with Crippen LogP contribution >= 0.6 is 0 Å². The quantitative estimate of drug-likeness (QED) is 0.865. The number of sulfone groups is 1. The summed E-state index contributed by atoms with van der Waals surface area (Å²) in [5, 5.41) is 0. The number of rotatable bonds is 3. The van der Waals surface area contributed by atoms with Crippen LogP contribution in [0, 0.1) is 0 Å². The standard InChI is InChI=1S/C12H17NO2S/c1-16(14,15)12(9-13)7-11(8-12)10-5-3-2-4-6-10/h2-6,11H,7-9,13H2,1H3. The van der Waals surface area contributed by atoms with Crippen LogP contribution in [0.25, 0.3) is 0 Å². The highest BCUT2D eigenvalue weighted by molar-refractivity contribution is 7.92. The molecule has 3 nitrogen and oxygen atoms in total. The molecule has 0 radical (unpaired) electrons. The van der Waals surface area contributed by atoms with Gasteiger partial charge in [0, 0.05) is 12.8 Å². The van der Waals surface area contributed by atoms with Gasteiger partial charge in [-0.3, -0.25) is 0 Å². The molecule has 0 saturated heterocycles. The highest BCUT2D eigenvalue weighted by atomic mass is 32.2. The Morgan fingerprint density at radius 2 is 1.88 bits per heavy atom. The zero-order valence-corrected chi connectivity index (χ0v) is 10.2. The number of hydrogen-bond acceptors (Lipinski definition) is 3. The molecule has 1 saturated carbocycles. The molecule has 0 aliphatic heterocycles. The first-order valence-corrected chi connectivity index (χ1v) is 7.32. The summed E-state index contributed by atoms with van der Waals surface area (Å²) in [6, 6.07) is 10.0. The van der Waals surface area contributed by atoms with Crippen molar-refractivity contribution < 1.29 is 8.42 Å². The van der Waals surface area contributed by atoms with Crippen molar-refractivity contribution in [1.29, 1.82) is 0 Å². The first-order chi connectivity index (χ1) is 7.48. The molecule has 1 aromatic carbocycles. The van der Waals surface area contributed by atoms with E-state index in [1.165, 1.54) is 11.8 Å². The largest absolute Gasteiger partial charge is 0.329 e. The second-order valence-corrected chi connectivity index (χ2v) is 7.09. The molecular formula is C12H17NO2S. The second kappa shape index (κ2) is 3.86. The minimum absolute atomic E-state index is 0.231. The Hall–Kier alpha value is -0.870. The third kappa shape index (κ3) is 1.76. The van der Waals surface area contributed by atoms with Gasteiger partial charge in [0.2, 0.25) is 0 Å². The molecular weight excluding hydrogens is 222 g/mol. The van der Waals surface area contributed by atoms with Crippen molar-refractivity contribution in [3.05, 3.63) is 35.9 Å². The van der Waals surface area contributed by atoms with Crippen molar-refractivity contribution in [2.75, 3.05) is 12.8 Å². The van der Waals surface area contributed by atoms with E-state index >= 15 is 0 Å². The Balaban J connectivity index is 2.15. The van der Waals surface area contributed by atoms with Gasteiger partial charge < -0.3 is 5.73 Å². The van der Waals surface area contributed by atoms with E-state index in [1.807, 2.05) is 30.3 Å². The van der Waals surface area contributed by atoms with Gasteiger partial charge >= 0.3 is 0 Å². The smallest absolute Gasteiger partial charge is 0.154 e. The van der Waals surface area contributed by atoms with Gasteiger partial charge in [0.25, 0.3) is 0 Å². The average molecular weight is 239 g/mol. The third-order valence-electron chi connectivity index (χ3n) is 3.67. The van der Waals surface area contributed by atoms with Crippen LogP contribution in [0.15, 0.2) is 30.3 Å². The van der Waals surface area contributed by atoms with Gasteiger partial charge in [-0.25, -0.2) is 8.42 Å². The molecule has 0 spiro atoms. The second-order valence-electron chi connectivity index (χ2n) is 4.68. The van der Waals surface area contributed by atoms with Crippen molar-refractivity contribution in [2.45, 2.75) is 23.5 Å². The average Bonchev–Trinajstić information content (AvgIpc) is 2.16. The molecule has 0 unspecified atom stereocenters. The van der Waals surface area contributed by atoms with Crippen LogP contribution < -0.4 is 5.73 Å². The van der Waals surface area contributed by atoms with Gasteiger partial charge in [-0.15, -0.1) is 0 Å². The van der Waals surface area contributed by atoms with Crippen LogP contribution in [0.2, 0.25) is 0 Å². The maximum Gasteiger partial charge on any atom is 0.154 e. The Kier molecular flexibility index (Phi) is 2.80. The van der Waals surface area contributed by atoms with Crippen LogP contribution in [0.1, 0.15) is 24.3 Å². The van der Waals surface area contributed by atoms with E-state index in [0.29, 0.717) is 18.8 Å². The fraction of sp³-hybridized carbons (Fsp3) is 0.500. The summed E-state index contributed by atoms with van der Waals surface area (Å²) in [5.41, 5.74) is 6.83. The molecule has 0 bridgehead atoms. The zero-order chi connectivity index (χ0) is 11.8. The van der Waals surface area contributed by atoms with Crippen LogP contribution in [0.5, 0.6) is 0 Å². The van der Waals surface area contributed by atoms with Crippen molar-refractivity contribution in [3.8, 4) is 0 Å². The molecule has 88 valence electrons. The highest BCUT2D eigenvalue weighted by Crippen LogP contribution is 2.48. The predicted molar refractivity (Wildman–Crippen MR) is 65.0 cm³/mol. The minimum Gasteiger partial charge on any atom is -0.329 e. The number of hydrogen-bond donors (Lipinski definition) is 1. The van der Waals surface area contributed by atoms with E-state index in [2.05, 4.69) is 0 Å². The Labute approximate surface area is 96.6 Å². The molecule has 0 amide bonds. The lowest BCUT2D eigenvalue weighted by Crippen LogP contribution is -2.54. The van der Waals surface area contributed by atoms with E-state index < -0.39 is 14.6 Å². The molecule has 0 heterocycles. The third-order valence-corrected chi connectivity index (χ3v) is 5.74. The highest BCUT2D eigenvalue weighted by Gasteiger charge is 2.51. The van der Waals surface area contributed by atoms with E-state index in [1.54, 1.807) is 0 Å². The summed E-state index contributed by atoms with van der Waals surface area (Å²) >= 11 is 0. The summed E-state index contributed by atoms with van der Waals surface area (Å²) in [5.74, 6) is 0.347. The maximum atomic E-state index is 11.7. The van der Waals surface area contributed by atoms with Crippen LogP contribution in [0.4, 0.5) is 0 Å². The Morgan fingerprint density at radius 3 is 2.31 bits per heavy atom. The lowest BCUT2D eigenvalue weighted by atomic mass is 9.70. The van der Waals surface area contributed by atoms with Gasteiger partial charge in [0.1, 0.15) is 0 Å². The first-order valence-electron chi connectivity index (χ1n) is 5.43. The van der Waals surface area contributed by atoms with Gasteiger partial charge in [-0.2, -0.15) is 0 Å². The molecule has 1 aromatic rings. The summed E-state index contributed by atoms with van der Waals surface area (Å²) in [4.78, 5) is 0. The van der Waals surface area contributed by atoms with Crippen molar-refractivity contribution in [1.82, 2.24) is 0 Å². The molecule has 0 atom stereocenters. The molecule has 16 heavy (non-hydrogen) atoms. The topological polar surface area (TPSA) is 60.2 Å². The van der Waals surface area contributed by atoms with E-state index in [-0.39, 0.29) is 6.54 Å². The van der Waals surface area contributed by atoms with E-state index in [0.717, 1.165) is 0 Å². The van der Waals surface area contributed by atoms with Crippen molar-refractivity contribution in [3.63, 3.8) is 0 Å². The van der Waals surface area contributed by atoms with Crippen LogP contribution in [0.3, 0.4) is 0 Å². The fourth-order valence-corrected chi connectivity index (χ4v) is 3.73. The molecule has 1 aliphatic carbocycles. The van der Waals surface area contributed by atoms with Gasteiger partial charge in [0.15, 0.2) is 9.84 Å². The summed E-state index contributed by atoms with van der Waals surface area (Å²) < 4.78 is 22.7. The van der Waals surface area contributed by atoms with Crippen molar-refractivity contribution >= 4 is 9.84 Å². The lowest BCUT2D eigenvalue weighted by Gasteiger charge is -2.45. The lowest BCUT2D eigenvalue weighted by molar-refractivity contribution is 0.294. The van der Waals surface area contributed by atoms with Crippen LogP contribution in [-0.4, -0.2) is 26.0 Å². The molecule has 4 heteroatoms. The first kappa shape index (κ1) is 11.6. The maximum absolute atomic E-state index is 11.7. The molecule has 1 aliphatic rings. The van der Waals surface area contributed by atoms with Gasteiger partial charge in [0.05, 0.1) is 4.75 Å². The number of nitrogens with two attached hydrogens (primary N) is 1. The molecule has 0 aromatic heterocycles. The van der Waals surface area contributed by atoms with E-state index in [4.69, 9.17) is 5.73 Å². The fourth-order valence-electron chi connectivity index (χ4n) is 2.42.